The van der Waals surface area contributed by atoms with Crippen LogP contribution in [-0.4, -0.2) is 12.1 Å². The van der Waals surface area contributed by atoms with Gasteiger partial charge in [0.15, 0.2) is 0 Å². The number of rotatable bonds is 3. The molecule has 1 saturated carbocycles. The molecule has 1 heterocycles. The van der Waals surface area contributed by atoms with Gasteiger partial charge >= 0.3 is 0 Å². The average Bonchev–Trinajstić information content (AvgIpc) is 2.39. The lowest BCUT2D eigenvalue weighted by Crippen LogP contribution is -2.23. The molecule has 17 heavy (non-hydrogen) atoms. The van der Waals surface area contributed by atoms with E-state index in [0.717, 1.165) is 5.56 Å². The maximum Gasteiger partial charge on any atom is 0.212 e. The zero-order valence-electron chi connectivity index (χ0n) is 10.3. The Morgan fingerprint density at radius 3 is 2.53 bits per heavy atom. The molecule has 0 unspecified atom stereocenters. The summed E-state index contributed by atoms with van der Waals surface area (Å²) in [6.45, 7) is 0. The van der Waals surface area contributed by atoms with Crippen LogP contribution in [0, 0.1) is 5.92 Å². The lowest BCUT2D eigenvalue weighted by Gasteiger charge is -2.27. The Morgan fingerprint density at radius 1 is 1.29 bits per heavy atom. The molecule has 4 heteroatoms. The minimum Gasteiger partial charge on any atom is -0.481 e. The van der Waals surface area contributed by atoms with Crippen molar-refractivity contribution in [1.82, 2.24) is 4.98 Å². The number of nitrogens with zero attached hydrogens (tertiary/aromatic N) is 1. The first-order valence-electron chi connectivity index (χ1n) is 6.07. The van der Waals surface area contributed by atoms with E-state index in [-0.39, 0.29) is 18.4 Å². The van der Waals surface area contributed by atoms with Crippen LogP contribution in [0.3, 0.4) is 0 Å². The summed E-state index contributed by atoms with van der Waals surface area (Å²) in [5.41, 5.74) is 7.41. The van der Waals surface area contributed by atoms with E-state index in [9.17, 15) is 0 Å². The molecule has 1 atom stereocenters. The second-order valence-corrected chi connectivity index (χ2v) is 4.56. The number of ether oxygens (including phenoxy) is 1. The lowest BCUT2D eigenvalue weighted by molar-refractivity contribution is 0.307. The summed E-state index contributed by atoms with van der Waals surface area (Å²) in [5.74, 6) is 1.28. The molecule has 1 fully saturated rings. The molecule has 0 radical (unpaired) electrons. The van der Waals surface area contributed by atoms with E-state index >= 15 is 0 Å². The van der Waals surface area contributed by atoms with Gasteiger partial charge in [0, 0.05) is 18.3 Å². The van der Waals surface area contributed by atoms with Crippen molar-refractivity contribution in [2.75, 3.05) is 7.11 Å². The van der Waals surface area contributed by atoms with Gasteiger partial charge in [0.25, 0.3) is 0 Å². The van der Waals surface area contributed by atoms with Crippen molar-refractivity contribution in [1.29, 1.82) is 0 Å². The minimum atomic E-state index is 0. The minimum absolute atomic E-state index is 0. The van der Waals surface area contributed by atoms with E-state index in [4.69, 9.17) is 10.5 Å². The summed E-state index contributed by atoms with van der Waals surface area (Å²) in [6.07, 6.45) is 8.37. The highest BCUT2D eigenvalue weighted by Gasteiger charge is 2.21. The van der Waals surface area contributed by atoms with Crippen molar-refractivity contribution < 1.29 is 4.74 Å². The number of halogens is 1. The van der Waals surface area contributed by atoms with Crippen molar-refractivity contribution in [3.63, 3.8) is 0 Å². The standard InChI is InChI=1S/C13H20N2O.ClH/c1-16-12-8-7-11(9-15-12)13(14)10-5-3-2-4-6-10;/h7-10,13H,2-6,14H2,1H3;1H/t13-;/m0./s1. The fourth-order valence-corrected chi connectivity index (χ4v) is 2.48. The predicted molar refractivity (Wildman–Crippen MR) is 71.5 cm³/mol. The quantitative estimate of drug-likeness (QED) is 0.904. The normalized spacial score (nSPS) is 18.2. The highest BCUT2D eigenvalue weighted by molar-refractivity contribution is 5.85. The van der Waals surface area contributed by atoms with E-state index in [1.165, 1.54) is 32.1 Å². The van der Waals surface area contributed by atoms with E-state index < -0.39 is 0 Å². The van der Waals surface area contributed by atoms with Gasteiger partial charge in [-0.25, -0.2) is 4.98 Å². The third kappa shape index (κ3) is 3.58. The molecule has 0 saturated heterocycles. The van der Waals surface area contributed by atoms with Crippen molar-refractivity contribution in [3.05, 3.63) is 23.9 Å². The van der Waals surface area contributed by atoms with Gasteiger partial charge in [-0.2, -0.15) is 0 Å². The second kappa shape index (κ2) is 6.82. The van der Waals surface area contributed by atoms with Crippen molar-refractivity contribution in [2.45, 2.75) is 38.1 Å². The Hall–Kier alpha value is -0.800. The SMILES string of the molecule is COc1ccc([C@@H](N)C2CCCCC2)cn1.Cl. The Bertz CT molecular complexity index is 323. The Morgan fingerprint density at radius 2 is 2.00 bits per heavy atom. The molecule has 3 nitrogen and oxygen atoms in total. The first kappa shape index (κ1) is 14.3. The summed E-state index contributed by atoms with van der Waals surface area (Å²) in [6, 6.07) is 4.06. The van der Waals surface area contributed by atoms with Crippen molar-refractivity contribution in [3.8, 4) is 5.88 Å². The van der Waals surface area contributed by atoms with Gasteiger partial charge in [-0.15, -0.1) is 12.4 Å². The number of nitrogens with two attached hydrogens (primary N) is 1. The van der Waals surface area contributed by atoms with Crippen LogP contribution in [0.4, 0.5) is 0 Å². The van der Waals surface area contributed by atoms with Crippen LogP contribution in [0.15, 0.2) is 18.3 Å². The number of pyridine rings is 1. The van der Waals surface area contributed by atoms with E-state index in [1.54, 1.807) is 7.11 Å². The topological polar surface area (TPSA) is 48.1 Å². The van der Waals surface area contributed by atoms with Gasteiger partial charge in [0.2, 0.25) is 5.88 Å². The van der Waals surface area contributed by atoms with Crippen molar-refractivity contribution in [2.24, 2.45) is 11.7 Å². The molecule has 1 aliphatic carbocycles. The predicted octanol–water partition coefficient (Wildman–Crippen LogP) is 3.09. The molecule has 1 aliphatic rings. The summed E-state index contributed by atoms with van der Waals surface area (Å²) in [4.78, 5) is 4.21. The number of hydrogen-bond donors (Lipinski definition) is 1. The molecular formula is C13H21ClN2O. The maximum absolute atomic E-state index is 6.28. The average molecular weight is 257 g/mol. The van der Waals surface area contributed by atoms with Gasteiger partial charge in [-0.3, -0.25) is 0 Å². The van der Waals surface area contributed by atoms with E-state index in [2.05, 4.69) is 4.98 Å². The summed E-state index contributed by atoms with van der Waals surface area (Å²) < 4.78 is 5.04. The highest BCUT2D eigenvalue weighted by atomic mass is 35.5. The molecule has 0 bridgehead atoms. The first-order valence-corrected chi connectivity index (χ1v) is 6.07. The van der Waals surface area contributed by atoms with Crippen molar-refractivity contribution >= 4 is 12.4 Å². The molecule has 1 aromatic rings. The molecular weight excluding hydrogens is 236 g/mol. The molecule has 0 aliphatic heterocycles. The Balaban J connectivity index is 0.00000144. The van der Waals surface area contributed by atoms with Crippen LogP contribution in [0.2, 0.25) is 0 Å². The smallest absolute Gasteiger partial charge is 0.212 e. The van der Waals surface area contributed by atoms with Crippen LogP contribution in [-0.2, 0) is 0 Å². The van der Waals surface area contributed by atoms with E-state index in [0.29, 0.717) is 11.8 Å². The van der Waals surface area contributed by atoms with Gasteiger partial charge in [0.05, 0.1) is 7.11 Å². The Kier molecular flexibility index (Phi) is 5.72. The van der Waals surface area contributed by atoms with Crippen LogP contribution in [0.5, 0.6) is 5.88 Å². The fourth-order valence-electron chi connectivity index (χ4n) is 2.48. The molecule has 1 aromatic heterocycles. The molecule has 0 aromatic carbocycles. The first-order chi connectivity index (χ1) is 7.81. The lowest BCUT2D eigenvalue weighted by atomic mass is 9.82. The highest BCUT2D eigenvalue weighted by Crippen LogP contribution is 2.32. The zero-order valence-corrected chi connectivity index (χ0v) is 11.1. The summed E-state index contributed by atoms with van der Waals surface area (Å²) in [5, 5.41) is 0. The van der Waals surface area contributed by atoms with E-state index in [1.807, 2.05) is 18.3 Å². The Labute approximate surface area is 109 Å². The van der Waals surface area contributed by atoms with Gasteiger partial charge in [0.1, 0.15) is 0 Å². The summed E-state index contributed by atoms with van der Waals surface area (Å²) >= 11 is 0. The monoisotopic (exact) mass is 256 g/mol. The number of hydrogen-bond acceptors (Lipinski definition) is 3. The summed E-state index contributed by atoms with van der Waals surface area (Å²) in [7, 11) is 1.63. The van der Waals surface area contributed by atoms with Crippen LogP contribution in [0.1, 0.15) is 43.7 Å². The second-order valence-electron chi connectivity index (χ2n) is 4.56. The van der Waals surface area contributed by atoms with Gasteiger partial charge in [-0.05, 0) is 24.3 Å². The maximum atomic E-state index is 6.28. The van der Waals surface area contributed by atoms with Gasteiger partial charge in [-0.1, -0.05) is 25.3 Å². The molecule has 0 amide bonds. The van der Waals surface area contributed by atoms with Crippen LogP contribution < -0.4 is 10.5 Å². The third-order valence-electron chi connectivity index (χ3n) is 3.51. The largest absolute Gasteiger partial charge is 0.481 e. The molecule has 96 valence electrons. The van der Waals surface area contributed by atoms with Gasteiger partial charge < -0.3 is 10.5 Å². The fraction of sp³-hybridized carbons (Fsp3) is 0.615. The van der Waals surface area contributed by atoms with Crippen LogP contribution >= 0.6 is 12.4 Å². The van der Waals surface area contributed by atoms with Crippen LogP contribution in [0.25, 0.3) is 0 Å². The number of methoxy groups -OCH3 is 1. The zero-order chi connectivity index (χ0) is 11.4. The molecule has 2 N–H and O–H groups in total. The third-order valence-corrected chi connectivity index (χ3v) is 3.51. The number of aromatic nitrogens is 1. The molecule has 2 rings (SSSR count). The molecule has 0 spiro atoms.